The van der Waals surface area contributed by atoms with Crippen LogP contribution in [-0.2, 0) is 0 Å². The predicted molar refractivity (Wildman–Crippen MR) is 212 cm³/mol. The third-order valence-electron chi connectivity index (χ3n) is 10.3. The predicted octanol–water partition coefficient (Wildman–Crippen LogP) is 12.7. The first-order valence-corrected chi connectivity index (χ1v) is 17.7. The lowest BCUT2D eigenvalue weighted by Crippen LogP contribution is -2.04. The fourth-order valence-corrected chi connectivity index (χ4v) is 7.91. The first kappa shape index (κ1) is 28.9. The Morgan fingerprint density at radius 3 is 2.12 bits per heavy atom. The standard InChI is InChI=1S/C47H29N3O2/c1-2-13-30(14-3-1)45-48-46(32-22-21-28-11-4-5-15-31(28)27-32)50-47(49-45)43-35(25-26-40-42(43)36-17-8-9-19-38(36)51-40)34-18-10-20-39-41(34)37-24-23-29-12-6-7-16-33(29)44(37)52-39/h2,4-27H,1,3H2. The number of para-hydroxylation sites is 1. The van der Waals surface area contributed by atoms with Crippen molar-refractivity contribution >= 4 is 71.0 Å². The van der Waals surface area contributed by atoms with Crippen LogP contribution in [0.2, 0.25) is 0 Å². The molecule has 5 heteroatoms. The highest BCUT2D eigenvalue weighted by Gasteiger charge is 2.24. The summed E-state index contributed by atoms with van der Waals surface area (Å²) in [6.45, 7) is 0. The number of hydrogen-bond donors (Lipinski definition) is 0. The average molecular weight is 668 g/mol. The maximum Gasteiger partial charge on any atom is 0.165 e. The Morgan fingerprint density at radius 2 is 1.21 bits per heavy atom. The number of nitrogens with zero attached hydrogens (tertiary/aromatic N) is 3. The zero-order valence-electron chi connectivity index (χ0n) is 28.0. The van der Waals surface area contributed by atoms with E-state index in [1.165, 1.54) is 5.39 Å². The molecule has 1 aliphatic carbocycles. The second kappa shape index (κ2) is 11.3. The number of hydrogen-bond acceptors (Lipinski definition) is 5. The van der Waals surface area contributed by atoms with Crippen LogP contribution in [0.25, 0.3) is 105 Å². The van der Waals surface area contributed by atoms with E-state index in [-0.39, 0.29) is 0 Å². The molecule has 0 unspecified atom stereocenters. The van der Waals surface area contributed by atoms with Gasteiger partial charge in [-0.15, -0.1) is 0 Å². The molecule has 0 fully saturated rings. The van der Waals surface area contributed by atoms with E-state index >= 15 is 0 Å². The number of aromatic nitrogens is 3. The molecule has 0 atom stereocenters. The molecule has 7 aromatic carbocycles. The lowest BCUT2D eigenvalue weighted by molar-refractivity contribution is 0.669. The summed E-state index contributed by atoms with van der Waals surface area (Å²) < 4.78 is 13.1. The Kier molecular flexibility index (Phi) is 6.31. The van der Waals surface area contributed by atoms with Crippen molar-refractivity contribution in [2.45, 2.75) is 12.8 Å². The molecule has 52 heavy (non-hydrogen) atoms. The van der Waals surface area contributed by atoms with Gasteiger partial charge >= 0.3 is 0 Å². The van der Waals surface area contributed by atoms with Crippen LogP contribution in [0.3, 0.4) is 0 Å². The second-order valence-electron chi connectivity index (χ2n) is 13.4. The van der Waals surface area contributed by atoms with E-state index in [1.54, 1.807) is 0 Å². The number of allylic oxidation sites excluding steroid dienone is 4. The summed E-state index contributed by atoms with van der Waals surface area (Å²) in [5.74, 6) is 1.87. The molecule has 0 aliphatic heterocycles. The fraction of sp³-hybridized carbons (Fsp3) is 0.0426. The zero-order valence-corrected chi connectivity index (χ0v) is 28.0. The van der Waals surface area contributed by atoms with Gasteiger partial charge in [0.05, 0.1) is 0 Å². The van der Waals surface area contributed by atoms with Crippen LogP contribution in [0.5, 0.6) is 0 Å². The molecule has 0 saturated carbocycles. The van der Waals surface area contributed by atoms with E-state index in [4.69, 9.17) is 23.8 Å². The lowest BCUT2D eigenvalue weighted by atomic mass is 9.91. The smallest absolute Gasteiger partial charge is 0.165 e. The van der Waals surface area contributed by atoms with E-state index in [1.807, 2.05) is 12.1 Å². The van der Waals surface area contributed by atoms with Crippen molar-refractivity contribution in [1.29, 1.82) is 0 Å². The topological polar surface area (TPSA) is 65.0 Å². The van der Waals surface area contributed by atoms with Crippen LogP contribution in [0.4, 0.5) is 0 Å². The average Bonchev–Trinajstić information content (AvgIpc) is 3.79. The highest BCUT2D eigenvalue weighted by Crippen LogP contribution is 2.46. The van der Waals surface area contributed by atoms with Crippen LogP contribution in [0.1, 0.15) is 18.7 Å². The Hall–Kier alpha value is -6.85. The molecule has 0 N–H and O–H groups in total. The van der Waals surface area contributed by atoms with E-state index in [0.29, 0.717) is 17.5 Å². The summed E-state index contributed by atoms with van der Waals surface area (Å²) >= 11 is 0. The molecular formula is C47H29N3O2. The largest absolute Gasteiger partial charge is 0.456 e. The summed E-state index contributed by atoms with van der Waals surface area (Å²) in [5.41, 5.74) is 8.18. The number of fused-ring (bicyclic) bond motifs is 9. The summed E-state index contributed by atoms with van der Waals surface area (Å²) in [7, 11) is 0. The van der Waals surface area contributed by atoms with Gasteiger partial charge in [0, 0.05) is 43.6 Å². The minimum absolute atomic E-state index is 0.593. The van der Waals surface area contributed by atoms with Gasteiger partial charge in [0.15, 0.2) is 17.5 Å². The number of benzene rings is 7. The Morgan fingerprint density at radius 1 is 0.462 bits per heavy atom. The molecule has 0 saturated heterocycles. The molecule has 3 heterocycles. The fourth-order valence-electron chi connectivity index (χ4n) is 7.91. The van der Waals surface area contributed by atoms with E-state index < -0.39 is 0 Å². The van der Waals surface area contributed by atoms with Gasteiger partial charge in [-0.25, -0.2) is 15.0 Å². The molecule has 0 radical (unpaired) electrons. The number of rotatable bonds is 4. The normalized spacial score (nSPS) is 13.3. The van der Waals surface area contributed by atoms with Gasteiger partial charge in [-0.3, -0.25) is 0 Å². The summed E-state index contributed by atoms with van der Waals surface area (Å²) in [4.78, 5) is 15.8. The summed E-state index contributed by atoms with van der Waals surface area (Å²) in [5, 5.41) is 8.64. The Balaban J connectivity index is 1.25. The van der Waals surface area contributed by atoms with Gasteiger partial charge in [0.1, 0.15) is 22.3 Å². The molecule has 10 aromatic rings. The SMILES string of the molecule is C1=CC(c2nc(-c3ccc4ccccc4c3)nc(-c3c(-c4cccc5oc6c7ccccc7ccc6c45)ccc4oc5ccccc5c34)n2)=CCC1. The van der Waals surface area contributed by atoms with Gasteiger partial charge in [0.25, 0.3) is 0 Å². The van der Waals surface area contributed by atoms with Crippen molar-refractivity contribution in [2.24, 2.45) is 0 Å². The maximum atomic E-state index is 6.65. The summed E-state index contributed by atoms with van der Waals surface area (Å²) in [6.07, 6.45) is 8.49. The Labute approximate surface area is 298 Å². The van der Waals surface area contributed by atoms with Crippen LogP contribution in [0, 0.1) is 0 Å². The second-order valence-corrected chi connectivity index (χ2v) is 13.4. The molecule has 0 bridgehead atoms. The molecule has 0 amide bonds. The van der Waals surface area contributed by atoms with Crippen LogP contribution >= 0.6 is 0 Å². The molecule has 3 aromatic heterocycles. The molecule has 244 valence electrons. The third kappa shape index (κ3) is 4.46. The monoisotopic (exact) mass is 667 g/mol. The first-order chi connectivity index (χ1) is 25.8. The minimum atomic E-state index is 0.593. The van der Waals surface area contributed by atoms with Crippen LogP contribution in [-0.4, -0.2) is 15.0 Å². The van der Waals surface area contributed by atoms with Gasteiger partial charge < -0.3 is 8.83 Å². The molecular weight excluding hydrogens is 639 g/mol. The van der Waals surface area contributed by atoms with Crippen LogP contribution in [0.15, 0.2) is 161 Å². The molecule has 0 spiro atoms. The van der Waals surface area contributed by atoms with Crippen LogP contribution < -0.4 is 0 Å². The van der Waals surface area contributed by atoms with Gasteiger partial charge in [-0.2, -0.15) is 0 Å². The van der Waals surface area contributed by atoms with Gasteiger partial charge in [0.2, 0.25) is 0 Å². The highest BCUT2D eigenvalue weighted by molar-refractivity contribution is 6.22. The van der Waals surface area contributed by atoms with Crippen molar-refractivity contribution in [3.8, 4) is 33.9 Å². The van der Waals surface area contributed by atoms with Crippen molar-refractivity contribution in [1.82, 2.24) is 15.0 Å². The van der Waals surface area contributed by atoms with E-state index in [2.05, 4.69) is 140 Å². The van der Waals surface area contributed by atoms with Crippen molar-refractivity contribution in [3.63, 3.8) is 0 Å². The molecule has 1 aliphatic rings. The van der Waals surface area contributed by atoms with E-state index in [9.17, 15) is 0 Å². The van der Waals surface area contributed by atoms with Gasteiger partial charge in [-0.05, 0) is 76.5 Å². The zero-order chi connectivity index (χ0) is 34.2. The lowest BCUT2D eigenvalue weighted by Gasteiger charge is -2.15. The summed E-state index contributed by atoms with van der Waals surface area (Å²) in [6, 6.07) is 46.3. The highest BCUT2D eigenvalue weighted by atomic mass is 16.3. The molecule has 11 rings (SSSR count). The van der Waals surface area contributed by atoms with Crippen molar-refractivity contribution in [2.75, 3.05) is 0 Å². The van der Waals surface area contributed by atoms with Gasteiger partial charge in [-0.1, -0.05) is 115 Å². The van der Waals surface area contributed by atoms with E-state index in [0.717, 1.165) is 101 Å². The first-order valence-electron chi connectivity index (χ1n) is 17.7. The minimum Gasteiger partial charge on any atom is -0.456 e. The molecule has 5 nitrogen and oxygen atoms in total. The number of furan rings is 2. The van der Waals surface area contributed by atoms with Crippen molar-refractivity contribution < 1.29 is 8.83 Å². The third-order valence-corrected chi connectivity index (χ3v) is 10.3. The maximum absolute atomic E-state index is 6.65. The van der Waals surface area contributed by atoms with Crippen molar-refractivity contribution in [3.05, 3.63) is 158 Å². The quantitative estimate of drug-likeness (QED) is 0.187. The Bertz CT molecular complexity index is 3140.